The van der Waals surface area contributed by atoms with E-state index in [-0.39, 0.29) is 12.4 Å². The minimum absolute atomic E-state index is 0. The number of nitrogens with two attached hydrogens (primary N) is 1. The number of hydrogen-bond donors (Lipinski definition) is 1. The van der Waals surface area contributed by atoms with E-state index in [9.17, 15) is 0 Å². The van der Waals surface area contributed by atoms with E-state index in [1.54, 1.807) is 5.57 Å². The lowest BCUT2D eigenvalue weighted by atomic mass is 9.76. The molecular weight excluding hydrogens is 194 g/mol. The molecule has 2 N–H and O–H groups in total. The molecule has 1 aliphatic rings. The third-order valence-electron chi connectivity index (χ3n) is 3.44. The fourth-order valence-corrected chi connectivity index (χ4v) is 2.29. The summed E-state index contributed by atoms with van der Waals surface area (Å²) in [7, 11) is 0. The maximum Gasteiger partial charge on any atom is 0.00420 e. The quantitative estimate of drug-likeness (QED) is 0.720. The molecule has 1 rings (SSSR count). The third-order valence-corrected chi connectivity index (χ3v) is 3.44. The molecule has 0 amide bonds. The van der Waals surface area contributed by atoms with Crippen LogP contribution in [0.15, 0.2) is 11.6 Å². The number of hydrogen-bond acceptors (Lipinski definition) is 1. The van der Waals surface area contributed by atoms with Crippen molar-refractivity contribution in [3.8, 4) is 0 Å². The summed E-state index contributed by atoms with van der Waals surface area (Å²) >= 11 is 0. The van der Waals surface area contributed by atoms with Crippen molar-refractivity contribution in [1.82, 2.24) is 0 Å². The number of allylic oxidation sites excluding steroid dienone is 2. The first-order valence-corrected chi connectivity index (χ1v) is 5.57. The van der Waals surface area contributed by atoms with E-state index in [2.05, 4.69) is 26.8 Å². The number of halogens is 1. The summed E-state index contributed by atoms with van der Waals surface area (Å²) in [6, 6.07) is 0.397. The van der Waals surface area contributed by atoms with Gasteiger partial charge in [0.2, 0.25) is 0 Å². The number of rotatable bonds is 3. The van der Waals surface area contributed by atoms with Crippen molar-refractivity contribution in [2.75, 3.05) is 0 Å². The Balaban J connectivity index is 0.00000169. The van der Waals surface area contributed by atoms with Crippen molar-refractivity contribution in [3.05, 3.63) is 11.6 Å². The maximum absolute atomic E-state index is 6.00. The molecule has 1 aliphatic carbocycles. The van der Waals surface area contributed by atoms with E-state index in [0.29, 0.717) is 6.04 Å². The highest BCUT2D eigenvalue weighted by atomic mass is 35.5. The van der Waals surface area contributed by atoms with Crippen molar-refractivity contribution >= 4 is 12.4 Å². The van der Waals surface area contributed by atoms with Crippen LogP contribution in [0.1, 0.15) is 46.5 Å². The Morgan fingerprint density at radius 1 is 1.57 bits per heavy atom. The van der Waals surface area contributed by atoms with Gasteiger partial charge in [0.05, 0.1) is 0 Å². The standard InChI is InChI=1S/C12H23N.ClH/c1-4-11(13)8-12-9(2)6-5-7-10(12)3;/h6,10-12H,4-5,7-8,13H2,1-3H3;1H. The molecule has 0 heterocycles. The van der Waals surface area contributed by atoms with Crippen LogP contribution in [0.25, 0.3) is 0 Å². The Morgan fingerprint density at radius 2 is 2.21 bits per heavy atom. The van der Waals surface area contributed by atoms with Crippen LogP contribution < -0.4 is 5.73 Å². The molecule has 0 bridgehead atoms. The second kappa shape index (κ2) is 6.47. The fraction of sp³-hybridized carbons (Fsp3) is 0.833. The topological polar surface area (TPSA) is 26.0 Å². The lowest BCUT2D eigenvalue weighted by molar-refractivity contribution is 0.323. The summed E-state index contributed by atoms with van der Waals surface area (Å²) in [6.45, 7) is 6.81. The van der Waals surface area contributed by atoms with Crippen molar-refractivity contribution in [2.45, 2.75) is 52.5 Å². The Hall–Kier alpha value is -0.0100. The first-order chi connectivity index (χ1) is 6.15. The van der Waals surface area contributed by atoms with Crippen LogP contribution in [-0.2, 0) is 0 Å². The van der Waals surface area contributed by atoms with Gasteiger partial charge in [0, 0.05) is 6.04 Å². The first kappa shape index (κ1) is 14.0. The molecule has 0 radical (unpaired) electrons. The molecule has 0 aromatic heterocycles. The monoisotopic (exact) mass is 217 g/mol. The second-order valence-corrected chi connectivity index (χ2v) is 4.51. The summed E-state index contributed by atoms with van der Waals surface area (Å²) in [6.07, 6.45) is 7.30. The van der Waals surface area contributed by atoms with Crippen LogP contribution >= 0.6 is 12.4 Å². The molecule has 84 valence electrons. The molecule has 3 unspecified atom stereocenters. The third kappa shape index (κ3) is 3.62. The average Bonchev–Trinajstić information content (AvgIpc) is 2.11. The normalized spacial score (nSPS) is 29.0. The molecule has 0 aromatic carbocycles. The predicted molar refractivity (Wildman–Crippen MR) is 65.8 cm³/mol. The minimum atomic E-state index is 0. The Kier molecular flexibility index (Phi) is 6.46. The lowest BCUT2D eigenvalue weighted by Crippen LogP contribution is -2.27. The van der Waals surface area contributed by atoms with E-state index in [4.69, 9.17) is 5.73 Å². The molecule has 2 heteroatoms. The average molecular weight is 218 g/mol. The molecule has 0 spiro atoms. The zero-order chi connectivity index (χ0) is 9.84. The van der Waals surface area contributed by atoms with Gasteiger partial charge in [0.25, 0.3) is 0 Å². The first-order valence-electron chi connectivity index (χ1n) is 5.57. The zero-order valence-electron chi connectivity index (χ0n) is 9.62. The van der Waals surface area contributed by atoms with Gasteiger partial charge in [-0.1, -0.05) is 25.5 Å². The van der Waals surface area contributed by atoms with E-state index in [1.165, 1.54) is 19.3 Å². The van der Waals surface area contributed by atoms with Crippen molar-refractivity contribution in [3.63, 3.8) is 0 Å². The van der Waals surface area contributed by atoms with Crippen LogP contribution in [-0.4, -0.2) is 6.04 Å². The molecular formula is C12H24ClN. The smallest absolute Gasteiger partial charge is 0.00420 e. The van der Waals surface area contributed by atoms with Gasteiger partial charge < -0.3 is 5.73 Å². The van der Waals surface area contributed by atoms with Gasteiger partial charge in [0.1, 0.15) is 0 Å². The Labute approximate surface area is 94.6 Å². The van der Waals surface area contributed by atoms with Gasteiger partial charge in [-0.3, -0.25) is 0 Å². The van der Waals surface area contributed by atoms with E-state index >= 15 is 0 Å². The van der Waals surface area contributed by atoms with Crippen LogP contribution in [0.5, 0.6) is 0 Å². The minimum Gasteiger partial charge on any atom is -0.328 e. The molecule has 0 saturated heterocycles. The summed E-state index contributed by atoms with van der Waals surface area (Å²) < 4.78 is 0. The molecule has 0 fully saturated rings. The highest BCUT2D eigenvalue weighted by Gasteiger charge is 2.23. The largest absolute Gasteiger partial charge is 0.328 e. The van der Waals surface area contributed by atoms with E-state index in [1.807, 2.05) is 0 Å². The Bertz CT molecular complexity index is 189. The van der Waals surface area contributed by atoms with Gasteiger partial charge >= 0.3 is 0 Å². The maximum atomic E-state index is 6.00. The SMILES string of the molecule is CCC(N)CC1C(C)=CCCC1C.Cl. The van der Waals surface area contributed by atoms with Crippen molar-refractivity contribution < 1.29 is 0 Å². The van der Waals surface area contributed by atoms with E-state index < -0.39 is 0 Å². The van der Waals surface area contributed by atoms with Gasteiger partial charge in [-0.15, -0.1) is 12.4 Å². The fourth-order valence-electron chi connectivity index (χ4n) is 2.29. The van der Waals surface area contributed by atoms with Crippen LogP contribution in [0.2, 0.25) is 0 Å². The van der Waals surface area contributed by atoms with Gasteiger partial charge in [0.15, 0.2) is 0 Å². The van der Waals surface area contributed by atoms with Gasteiger partial charge in [-0.05, 0) is 44.4 Å². The van der Waals surface area contributed by atoms with Gasteiger partial charge in [-0.2, -0.15) is 0 Å². The van der Waals surface area contributed by atoms with Crippen LogP contribution in [0.4, 0.5) is 0 Å². The van der Waals surface area contributed by atoms with Crippen LogP contribution in [0.3, 0.4) is 0 Å². The second-order valence-electron chi connectivity index (χ2n) is 4.51. The summed E-state index contributed by atoms with van der Waals surface area (Å²) in [5.74, 6) is 1.59. The van der Waals surface area contributed by atoms with Crippen molar-refractivity contribution in [2.24, 2.45) is 17.6 Å². The lowest BCUT2D eigenvalue weighted by Gasteiger charge is -2.30. The molecule has 0 aliphatic heterocycles. The summed E-state index contributed by atoms with van der Waals surface area (Å²) in [5, 5.41) is 0. The molecule has 1 nitrogen and oxygen atoms in total. The molecule has 14 heavy (non-hydrogen) atoms. The molecule has 0 saturated carbocycles. The summed E-state index contributed by atoms with van der Waals surface area (Å²) in [4.78, 5) is 0. The highest BCUT2D eigenvalue weighted by Crippen LogP contribution is 2.33. The molecule has 0 aromatic rings. The van der Waals surface area contributed by atoms with Gasteiger partial charge in [-0.25, -0.2) is 0 Å². The highest BCUT2D eigenvalue weighted by molar-refractivity contribution is 5.85. The summed E-state index contributed by atoms with van der Waals surface area (Å²) in [5.41, 5.74) is 7.57. The predicted octanol–water partition coefficient (Wildman–Crippen LogP) is 3.53. The Morgan fingerprint density at radius 3 is 2.71 bits per heavy atom. The zero-order valence-corrected chi connectivity index (χ0v) is 10.4. The van der Waals surface area contributed by atoms with Crippen molar-refractivity contribution in [1.29, 1.82) is 0 Å². The van der Waals surface area contributed by atoms with E-state index in [0.717, 1.165) is 18.3 Å². The van der Waals surface area contributed by atoms with Crippen LogP contribution in [0, 0.1) is 11.8 Å². The molecule has 3 atom stereocenters.